The number of methoxy groups -OCH3 is 1. The molecule has 0 aliphatic heterocycles. The van der Waals surface area contributed by atoms with Crippen molar-refractivity contribution in [2.75, 3.05) is 7.11 Å². The summed E-state index contributed by atoms with van der Waals surface area (Å²) < 4.78 is 12.0. The highest BCUT2D eigenvalue weighted by Gasteiger charge is 2.10. The largest absolute Gasteiger partial charge is 0.496 e. The van der Waals surface area contributed by atoms with Crippen molar-refractivity contribution in [1.29, 1.82) is 0 Å². The highest BCUT2D eigenvalue weighted by molar-refractivity contribution is 9.10. The molecule has 5 heteroatoms. The Bertz CT molecular complexity index is 667. The zero-order valence-electron chi connectivity index (χ0n) is 11.7. The zero-order chi connectivity index (χ0) is 15.4. The zero-order valence-corrected chi connectivity index (χ0v) is 13.3. The Morgan fingerprint density at radius 1 is 1.24 bits per heavy atom. The average Bonchev–Trinajstić information content (AvgIpc) is 2.48. The fraction of sp³-hybridized carbons (Fsp3) is 0.188. The normalized spacial score (nSPS) is 10.2. The Morgan fingerprint density at radius 2 is 2.00 bits per heavy atom. The minimum Gasteiger partial charge on any atom is -0.496 e. The number of aromatic carboxylic acids is 1. The van der Waals surface area contributed by atoms with Gasteiger partial charge in [0.2, 0.25) is 0 Å². The highest BCUT2D eigenvalue weighted by Crippen LogP contribution is 2.25. The molecule has 0 spiro atoms. The van der Waals surface area contributed by atoms with Crippen LogP contribution in [0, 0.1) is 6.92 Å². The third-order valence-corrected chi connectivity index (χ3v) is 3.94. The van der Waals surface area contributed by atoms with E-state index in [4.69, 9.17) is 14.6 Å². The maximum Gasteiger partial charge on any atom is 0.335 e. The Morgan fingerprint density at radius 3 is 2.62 bits per heavy atom. The monoisotopic (exact) mass is 350 g/mol. The summed E-state index contributed by atoms with van der Waals surface area (Å²) in [5.74, 6) is 0.353. The van der Waals surface area contributed by atoms with Crippen molar-refractivity contribution in [2.45, 2.75) is 13.5 Å². The van der Waals surface area contributed by atoms with E-state index in [1.807, 2.05) is 25.1 Å². The minimum absolute atomic E-state index is 0.210. The molecule has 1 N–H and O–H groups in total. The van der Waals surface area contributed by atoms with Gasteiger partial charge in [0.15, 0.2) is 0 Å². The van der Waals surface area contributed by atoms with Crippen LogP contribution in [0.3, 0.4) is 0 Å². The number of carboxylic acid groups (broad SMARTS) is 1. The van der Waals surface area contributed by atoms with Crippen molar-refractivity contribution in [3.8, 4) is 11.5 Å². The van der Waals surface area contributed by atoms with Crippen molar-refractivity contribution in [3.05, 3.63) is 57.6 Å². The number of hydrogen-bond donors (Lipinski definition) is 1. The topological polar surface area (TPSA) is 55.8 Å². The summed E-state index contributed by atoms with van der Waals surface area (Å²) in [6.07, 6.45) is 0. The predicted octanol–water partition coefficient (Wildman–Crippen LogP) is 4.04. The van der Waals surface area contributed by atoms with Crippen LogP contribution in [-0.4, -0.2) is 18.2 Å². The molecule has 0 saturated carbocycles. The summed E-state index contributed by atoms with van der Waals surface area (Å²) in [4.78, 5) is 11.0. The molecule has 0 heterocycles. The van der Waals surface area contributed by atoms with Crippen LogP contribution in [0.1, 0.15) is 21.5 Å². The SMILES string of the molecule is COc1ccc(C(=O)O)cc1COc1ccc(Br)c(C)c1. The summed E-state index contributed by atoms with van der Waals surface area (Å²) in [5, 5.41) is 9.04. The quantitative estimate of drug-likeness (QED) is 0.883. The molecule has 0 radical (unpaired) electrons. The van der Waals surface area contributed by atoms with Crippen LogP contribution in [0.15, 0.2) is 40.9 Å². The first-order chi connectivity index (χ1) is 10.0. The summed E-state index contributed by atoms with van der Waals surface area (Å²) >= 11 is 3.43. The van der Waals surface area contributed by atoms with Gasteiger partial charge >= 0.3 is 5.97 Å². The molecule has 21 heavy (non-hydrogen) atoms. The molecule has 0 fully saturated rings. The van der Waals surface area contributed by atoms with E-state index < -0.39 is 5.97 Å². The smallest absolute Gasteiger partial charge is 0.335 e. The van der Waals surface area contributed by atoms with Gasteiger partial charge in [-0.15, -0.1) is 0 Å². The van der Waals surface area contributed by atoms with Crippen LogP contribution < -0.4 is 9.47 Å². The van der Waals surface area contributed by atoms with Gasteiger partial charge in [0.1, 0.15) is 18.1 Å². The Labute approximate surface area is 131 Å². The molecular weight excluding hydrogens is 336 g/mol. The second-order valence-corrected chi connectivity index (χ2v) is 5.39. The van der Waals surface area contributed by atoms with Gasteiger partial charge in [0, 0.05) is 10.0 Å². The number of ether oxygens (including phenoxy) is 2. The second kappa shape index (κ2) is 6.63. The molecule has 110 valence electrons. The molecule has 4 nitrogen and oxygen atoms in total. The molecule has 2 aromatic rings. The third-order valence-electron chi connectivity index (χ3n) is 3.05. The van der Waals surface area contributed by atoms with E-state index >= 15 is 0 Å². The number of hydrogen-bond acceptors (Lipinski definition) is 3. The summed E-state index contributed by atoms with van der Waals surface area (Å²) in [7, 11) is 1.54. The van der Waals surface area contributed by atoms with Crippen molar-refractivity contribution in [1.82, 2.24) is 0 Å². The molecule has 0 aliphatic rings. The average molecular weight is 351 g/mol. The predicted molar refractivity (Wildman–Crippen MR) is 83.2 cm³/mol. The first-order valence-electron chi connectivity index (χ1n) is 6.30. The van der Waals surface area contributed by atoms with Crippen molar-refractivity contribution >= 4 is 21.9 Å². The van der Waals surface area contributed by atoms with Crippen LogP contribution in [0.2, 0.25) is 0 Å². The van der Waals surface area contributed by atoms with Gasteiger partial charge in [-0.25, -0.2) is 4.79 Å². The van der Waals surface area contributed by atoms with Crippen molar-refractivity contribution in [3.63, 3.8) is 0 Å². The first-order valence-corrected chi connectivity index (χ1v) is 7.09. The first kappa shape index (κ1) is 15.4. The van der Waals surface area contributed by atoms with Gasteiger partial charge in [-0.2, -0.15) is 0 Å². The summed E-state index contributed by atoms with van der Waals surface area (Å²) in [6, 6.07) is 10.4. The lowest BCUT2D eigenvalue weighted by molar-refractivity contribution is 0.0696. The van der Waals surface area contributed by atoms with Gasteiger partial charge < -0.3 is 14.6 Å². The fourth-order valence-electron chi connectivity index (χ4n) is 1.89. The molecule has 2 aromatic carbocycles. The van der Waals surface area contributed by atoms with Crippen molar-refractivity contribution < 1.29 is 19.4 Å². The number of aryl methyl sites for hydroxylation is 1. The van der Waals surface area contributed by atoms with Gasteiger partial charge in [-0.05, 0) is 48.9 Å². The lowest BCUT2D eigenvalue weighted by Crippen LogP contribution is -2.03. The van der Waals surface area contributed by atoms with Crippen LogP contribution in [0.4, 0.5) is 0 Å². The lowest BCUT2D eigenvalue weighted by atomic mass is 10.1. The van der Waals surface area contributed by atoms with Crippen LogP contribution in [-0.2, 0) is 6.61 Å². The standard InChI is InChI=1S/C16H15BrO4/c1-10-7-13(4-5-14(10)17)21-9-12-8-11(16(18)19)3-6-15(12)20-2/h3-8H,9H2,1-2H3,(H,18,19). The van der Waals surface area contributed by atoms with Crippen LogP contribution in [0.5, 0.6) is 11.5 Å². The fourth-order valence-corrected chi connectivity index (χ4v) is 2.14. The molecule has 0 amide bonds. The van der Waals surface area contributed by atoms with E-state index in [2.05, 4.69) is 15.9 Å². The van der Waals surface area contributed by atoms with Crippen LogP contribution in [0.25, 0.3) is 0 Å². The maximum atomic E-state index is 11.0. The van der Waals surface area contributed by atoms with Crippen LogP contribution >= 0.6 is 15.9 Å². The minimum atomic E-state index is -0.974. The van der Waals surface area contributed by atoms with E-state index in [-0.39, 0.29) is 12.2 Å². The van der Waals surface area contributed by atoms with E-state index in [1.165, 1.54) is 6.07 Å². The van der Waals surface area contributed by atoms with Gasteiger partial charge in [0.25, 0.3) is 0 Å². The van der Waals surface area contributed by atoms with Gasteiger partial charge in [-0.3, -0.25) is 0 Å². The molecule has 0 saturated heterocycles. The number of carbonyl (C=O) groups is 1. The van der Waals surface area contributed by atoms with Gasteiger partial charge in [-0.1, -0.05) is 15.9 Å². The third kappa shape index (κ3) is 3.76. The number of rotatable bonds is 5. The van der Waals surface area contributed by atoms with E-state index in [0.717, 1.165) is 15.8 Å². The molecule has 2 rings (SSSR count). The maximum absolute atomic E-state index is 11.0. The molecule has 0 aromatic heterocycles. The Hall–Kier alpha value is -2.01. The Balaban J connectivity index is 2.19. The van der Waals surface area contributed by atoms with E-state index in [1.54, 1.807) is 19.2 Å². The number of halogens is 1. The number of benzene rings is 2. The summed E-state index contributed by atoms with van der Waals surface area (Å²) in [6.45, 7) is 2.22. The Kier molecular flexibility index (Phi) is 4.85. The molecule has 0 bridgehead atoms. The van der Waals surface area contributed by atoms with E-state index in [9.17, 15) is 4.79 Å². The lowest BCUT2D eigenvalue weighted by Gasteiger charge is -2.12. The van der Waals surface area contributed by atoms with Crippen molar-refractivity contribution in [2.24, 2.45) is 0 Å². The molecule has 0 atom stereocenters. The second-order valence-electron chi connectivity index (χ2n) is 4.53. The van der Waals surface area contributed by atoms with Gasteiger partial charge in [0.05, 0.1) is 12.7 Å². The molecular formula is C16H15BrO4. The molecule has 0 aliphatic carbocycles. The number of carboxylic acids is 1. The summed E-state index contributed by atoms with van der Waals surface area (Å²) in [5.41, 5.74) is 1.97. The van der Waals surface area contributed by atoms with E-state index in [0.29, 0.717) is 11.3 Å². The molecule has 0 unspecified atom stereocenters. The highest BCUT2D eigenvalue weighted by atomic mass is 79.9.